The Morgan fingerprint density at radius 2 is 2.15 bits per heavy atom. The van der Waals surface area contributed by atoms with Crippen molar-refractivity contribution in [1.82, 2.24) is 14.5 Å². The number of benzene rings is 1. The van der Waals surface area contributed by atoms with E-state index >= 15 is 0 Å². The number of β-amino-alcohol motifs (C(OH)–C–C–N with tert-alkyl or cyclic N) is 1. The van der Waals surface area contributed by atoms with Gasteiger partial charge < -0.3 is 25.1 Å². The molecule has 2 heterocycles. The van der Waals surface area contributed by atoms with E-state index in [9.17, 15) is 15.0 Å². The van der Waals surface area contributed by atoms with Gasteiger partial charge in [0.2, 0.25) is 5.91 Å². The fraction of sp³-hybridized carbons (Fsp3) is 0.389. The molecule has 1 saturated heterocycles. The van der Waals surface area contributed by atoms with Gasteiger partial charge in [-0.25, -0.2) is 10.8 Å². The number of carbonyl (C=O) groups excluding carboxylic acids is 1. The number of aliphatic hydroxyl groups excluding tert-OH is 2. The molecular formula is C18H23N5O3S. The van der Waals surface area contributed by atoms with Gasteiger partial charge in [0.1, 0.15) is 16.5 Å². The van der Waals surface area contributed by atoms with Crippen molar-refractivity contribution in [2.24, 2.45) is 5.84 Å². The largest absolute Gasteiger partial charge is 0.391 e. The highest BCUT2D eigenvalue weighted by Crippen LogP contribution is 2.26. The van der Waals surface area contributed by atoms with Crippen LogP contribution >= 0.6 is 12.2 Å². The minimum atomic E-state index is -0.742. The Labute approximate surface area is 162 Å². The van der Waals surface area contributed by atoms with E-state index in [2.05, 4.69) is 10.4 Å². The van der Waals surface area contributed by atoms with Crippen molar-refractivity contribution >= 4 is 23.9 Å². The molecule has 27 heavy (non-hydrogen) atoms. The molecule has 144 valence electrons. The lowest BCUT2D eigenvalue weighted by molar-refractivity contribution is -0.136. The molecule has 0 radical (unpaired) electrons. The number of hydrogen-bond donors (Lipinski definition) is 4. The number of aromatic nitrogens is 2. The predicted molar refractivity (Wildman–Crippen MR) is 103 cm³/mol. The van der Waals surface area contributed by atoms with E-state index in [4.69, 9.17) is 18.1 Å². The molecule has 2 aromatic rings. The number of carbonyl (C=O) groups is 1. The van der Waals surface area contributed by atoms with E-state index in [0.29, 0.717) is 18.5 Å². The molecule has 5 N–H and O–H groups in total. The average molecular weight is 389 g/mol. The molecule has 0 spiro atoms. The van der Waals surface area contributed by atoms with Crippen molar-refractivity contribution < 1.29 is 15.0 Å². The van der Waals surface area contributed by atoms with Gasteiger partial charge in [-0.15, -0.1) is 0 Å². The van der Waals surface area contributed by atoms with E-state index in [1.165, 1.54) is 6.33 Å². The van der Waals surface area contributed by atoms with Crippen molar-refractivity contribution in [1.29, 1.82) is 0 Å². The van der Waals surface area contributed by atoms with Crippen LogP contribution in [-0.4, -0.2) is 49.8 Å². The number of piperidine rings is 1. The second kappa shape index (κ2) is 8.57. The second-order valence-electron chi connectivity index (χ2n) is 6.48. The SMILES string of the molecule is NNc1ncn(C(C(=O)N2CCCC(O)C2)c2ccccc2)c(=S)c1CO. The van der Waals surface area contributed by atoms with Crippen LogP contribution in [0.5, 0.6) is 0 Å². The first-order valence-corrected chi connectivity index (χ1v) is 9.17. The molecule has 2 atom stereocenters. The Morgan fingerprint density at radius 3 is 2.78 bits per heavy atom. The highest BCUT2D eigenvalue weighted by atomic mass is 32.1. The minimum absolute atomic E-state index is 0.171. The zero-order valence-corrected chi connectivity index (χ0v) is 15.6. The third-order valence-corrected chi connectivity index (χ3v) is 5.18. The molecule has 9 heteroatoms. The monoisotopic (exact) mass is 389 g/mol. The summed E-state index contributed by atoms with van der Waals surface area (Å²) in [6.45, 7) is 0.512. The molecule has 8 nitrogen and oxygen atoms in total. The molecule has 1 fully saturated rings. The Bertz CT molecular complexity index is 858. The average Bonchev–Trinajstić information content (AvgIpc) is 2.69. The van der Waals surface area contributed by atoms with E-state index in [1.807, 2.05) is 30.3 Å². The number of likely N-dealkylation sites (tertiary alicyclic amines) is 1. The summed E-state index contributed by atoms with van der Waals surface area (Å²) in [7, 11) is 0. The molecule has 0 aliphatic carbocycles. The van der Waals surface area contributed by atoms with Gasteiger partial charge in [-0.3, -0.25) is 4.79 Å². The highest BCUT2D eigenvalue weighted by Gasteiger charge is 2.31. The molecule has 1 aromatic carbocycles. The third-order valence-electron chi connectivity index (χ3n) is 4.72. The van der Waals surface area contributed by atoms with Crippen LogP contribution in [0.2, 0.25) is 0 Å². The standard InChI is InChI=1S/C18H23N5O3S/c19-21-16-14(10-24)18(27)23(11-20-16)15(12-5-2-1-3-6-12)17(26)22-8-4-7-13(25)9-22/h1-3,5-6,11,13,15,21,24-25H,4,7-10,19H2. The number of rotatable bonds is 5. The first-order chi connectivity index (χ1) is 13.1. The number of aliphatic hydroxyl groups is 2. The van der Waals surface area contributed by atoms with Gasteiger partial charge in [-0.05, 0) is 18.4 Å². The molecule has 1 amide bonds. The summed E-state index contributed by atoms with van der Waals surface area (Å²) in [4.78, 5) is 19.2. The number of nitrogens with one attached hydrogen (secondary N) is 1. The minimum Gasteiger partial charge on any atom is -0.391 e. The van der Waals surface area contributed by atoms with E-state index < -0.39 is 12.1 Å². The summed E-state index contributed by atoms with van der Waals surface area (Å²) in [5.41, 5.74) is 3.51. The number of nitrogen functional groups attached to an aromatic ring is 1. The summed E-state index contributed by atoms with van der Waals surface area (Å²) < 4.78 is 1.85. The quantitative estimate of drug-likeness (QED) is 0.342. The molecular weight excluding hydrogens is 366 g/mol. The number of hydrazine groups is 1. The van der Waals surface area contributed by atoms with Crippen LogP contribution in [0.1, 0.15) is 30.0 Å². The highest BCUT2D eigenvalue weighted by molar-refractivity contribution is 7.71. The van der Waals surface area contributed by atoms with Crippen molar-refractivity contribution in [3.05, 3.63) is 52.4 Å². The molecule has 0 saturated carbocycles. The molecule has 1 aliphatic rings. The van der Waals surface area contributed by atoms with Crippen LogP contribution in [0.15, 0.2) is 36.7 Å². The lowest BCUT2D eigenvalue weighted by Crippen LogP contribution is -2.45. The van der Waals surface area contributed by atoms with Crippen LogP contribution in [-0.2, 0) is 11.4 Å². The van der Waals surface area contributed by atoms with Crippen molar-refractivity contribution in [3.8, 4) is 0 Å². The molecule has 2 unspecified atom stereocenters. The van der Waals surface area contributed by atoms with Crippen LogP contribution in [0.3, 0.4) is 0 Å². The number of nitrogens with two attached hydrogens (primary N) is 1. The predicted octanol–water partition coefficient (Wildman–Crippen LogP) is 0.963. The van der Waals surface area contributed by atoms with Crippen LogP contribution < -0.4 is 11.3 Å². The van der Waals surface area contributed by atoms with Gasteiger partial charge in [0.05, 0.1) is 24.6 Å². The number of amides is 1. The van der Waals surface area contributed by atoms with Crippen LogP contribution in [0, 0.1) is 4.64 Å². The number of anilines is 1. The topological polar surface area (TPSA) is 117 Å². The molecule has 0 bridgehead atoms. The lowest BCUT2D eigenvalue weighted by atomic mass is 10.0. The summed E-state index contributed by atoms with van der Waals surface area (Å²) in [6.07, 6.45) is 2.36. The van der Waals surface area contributed by atoms with Crippen molar-refractivity contribution in [3.63, 3.8) is 0 Å². The first-order valence-electron chi connectivity index (χ1n) is 8.76. The fourth-order valence-corrected chi connectivity index (χ4v) is 3.66. The van der Waals surface area contributed by atoms with E-state index in [0.717, 1.165) is 12.0 Å². The zero-order valence-electron chi connectivity index (χ0n) is 14.8. The van der Waals surface area contributed by atoms with Gasteiger partial charge >= 0.3 is 0 Å². The second-order valence-corrected chi connectivity index (χ2v) is 6.87. The number of nitrogens with zero attached hydrogens (tertiary/aromatic N) is 3. The molecule has 3 rings (SSSR count). The third kappa shape index (κ3) is 4.01. The van der Waals surface area contributed by atoms with Gasteiger partial charge in [0, 0.05) is 13.1 Å². The first kappa shape index (κ1) is 19.4. The Kier molecular flexibility index (Phi) is 6.17. The van der Waals surface area contributed by atoms with Crippen LogP contribution in [0.4, 0.5) is 5.82 Å². The summed E-state index contributed by atoms with van der Waals surface area (Å²) in [6, 6.07) is 8.51. The lowest BCUT2D eigenvalue weighted by Gasteiger charge is -2.34. The molecule has 1 aliphatic heterocycles. The van der Waals surface area contributed by atoms with Gasteiger partial charge in [-0.2, -0.15) is 0 Å². The summed E-state index contributed by atoms with van der Waals surface area (Å²) in [5.74, 6) is 5.54. The van der Waals surface area contributed by atoms with Crippen LogP contribution in [0.25, 0.3) is 0 Å². The summed E-state index contributed by atoms with van der Waals surface area (Å²) >= 11 is 5.51. The maximum absolute atomic E-state index is 13.4. The van der Waals surface area contributed by atoms with Gasteiger partial charge in [0.15, 0.2) is 0 Å². The Balaban J connectivity index is 2.09. The van der Waals surface area contributed by atoms with Gasteiger partial charge in [-0.1, -0.05) is 42.5 Å². The van der Waals surface area contributed by atoms with Gasteiger partial charge in [0.25, 0.3) is 0 Å². The Morgan fingerprint density at radius 1 is 1.41 bits per heavy atom. The maximum Gasteiger partial charge on any atom is 0.250 e. The maximum atomic E-state index is 13.4. The van der Waals surface area contributed by atoms with Crippen molar-refractivity contribution in [2.45, 2.75) is 31.6 Å². The zero-order chi connectivity index (χ0) is 19.4. The van der Waals surface area contributed by atoms with E-state index in [-0.39, 0.29) is 29.5 Å². The smallest absolute Gasteiger partial charge is 0.250 e. The Hall–Kier alpha value is -2.33. The normalized spacial score (nSPS) is 18.2. The van der Waals surface area contributed by atoms with E-state index in [1.54, 1.807) is 9.47 Å². The fourth-order valence-electron chi connectivity index (χ4n) is 3.34. The number of hydrogen-bond acceptors (Lipinski definition) is 7. The summed E-state index contributed by atoms with van der Waals surface area (Å²) in [5, 5.41) is 19.7. The van der Waals surface area contributed by atoms with Crippen molar-refractivity contribution in [2.75, 3.05) is 18.5 Å². The molecule has 1 aromatic heterocycles.